The molecule has 1 amide bonds. The van der Waals surface area contributed by atoms with E-state index in [-0.39, 0.29) is 22.8 Å². The van der Waals surface area contributed by atoms with E-state index in [0.717, 1.165) is 0 Å². The number of rotatable bonds is 4. The summed E-state index contributed by atoms with van der Waals surface area (Å²) in [7, 11) is 0. The number of carboxylic acid groups (broad SMARTS) is 1. The van der Waals surface area contributed by atoms with Crippen molar-refractivity contribution in [1.29, 1.82) is 0 Å². The predicted molar refractivity (Wildman–Crippen MR) is 79.1 cm³/mol. The maximum atomic E-state index is 11.9. The van der Waals surface area contributed by atoms with Crippen LogP contribution in [-0.4, -0.2) is 28.6 Å². The standard InChI is InChI=1S/C14H18BrNO4/c1-8(12(17)16-14(2,3)4)20-11-7-9(15)5-6-10(11)13(18)19/h5-8H,1-4H3,(H,16,17)(H,18,19). The van der Waals surface area contributed by atoms with Crippen molar-refractivity contribution in [2.75, 3.05) is 0 Å². The van der Waals surface area contributed by atoms with Gasteiger partial charge in [0.05, 0.1) is 0 Å². The lowest BCUT2D eigenvalue weighted by Gasteiger charge is -2.24. The minimum atomic E-state index is -1.10. The highest BCUT2D eigenvalue weighted by Crippen LogP contribution is 2.25. The van der Waals surface area contributed by atoms with Gasteiger partial charge < -0.3 is 15.2 Å². The van der Waals surface area contributed by atoms with Crippen LogP contribution in [0.25, 0.3) is 0 Å². The van der Waals surface area contributed by atoms with Crippen LogP contribution in [0.1, 0.15) is 38.1 Å². The Hall–Kier alpha value is -1.56. The number of carboxylic acids is 1. The summed E-state index contributed by atoms with van der Waals surface area (Å²) in [6, 6.07) is 4.57. The minimum absolute atomic E-state index is 0.0172. The summed E-state index contributed by atoms with van der Waals surface area (Å²) in [6.45, 7) is 7.16. The smallest absolute Gasteiger partial charge is 0.339 e. The molecule has 1 aromatic carbocycles. The monoisotopic (exact) mass is 343 g/mol. The third kappa shape index (κ3) is 4.85. The number of hydrogen-bond donors (Lipinski definition) is 2. The van der Waals surface area contributed by atoms with E-state index in [4.69, 9.17) is 9.84 Å². The zero-order chi connectivity index (χ0) is 15.5. The maximum Gasteiger partial charge on any atom is 0.339 e. The lowest BCUT2D eigenvalue weighted by Crippen LogP contribution is -2.46. The molecule has 6 heteroatoms. The molecule has 0 aliphatic carbocycles. The third-order valence-electron chi connectivity index (χ3n) is 2.35. The molecule has 0 saturated carbocycles. The largest absolute Gasteiger partial charge is 0.480 e. The number of nitrogens with one attached hydrogen (secondary N) is 1. The lowest BCUT2D eigenvalue weighted by atomic mass is 10.1. The molecule has 110 valence electrons. The van der Waals surface area contributed by atoms with Crippen molar-refractivity contribution >= 4 is 27.8 Å². The fourth-order valence-corrected chi connectivity index (χ4v) is 1.83. The van der Waals surface area contributed by atoms with Crippen LogP contribution in [0.5, 0.6) is 5.75 Å². The molecular formula is C14H18BrNO4. The summed E-state index contributed by atoms with van der Waals surface area (Å²) in [5.41, 5.74) is -0.356. The highest BCUT2D eigenvalue weighted by Gasteiger charge is 2.22. The number of benzene rings is 1. The van der Waals surface area contributed by atoms with Gasteiger partial charge in [-0.1, -0.05) is 15.9 Å². The van der Waals surface area contributed by atoms with E-state index < -0.39 is 12.1 Å². The maximum absolute atomic E-state index is 11.9. The Labute approximate surface area is 126 Å². The summed E-state index contributed by atoms with van der Waals surface area (Å²) < 4.78 is 6.15. The molecule has 0 aliphatic heterocycles. The highest BCUT2D eigenvalue weighted by atomic mass is 79.9. The second kappa shape index (κ2) is 6.26. The topological polar surface area (TPSA) is 75.6 Å². The van der Waals surface area contributed by atoms with Gasteiger partial charge in [0, 0.05) is 10.0 Å². The van der Waals surface area contributed by atoms with Gasteiger partial charge in [0.25, 0.3) is 5.91 Å². The Morgan fingerprint density at radius 1 is 1.35 bits per heavy atom. The molecular weight excluding hydrogens is 326 g/mol. The molecule has 2 N–H and O–H groups in total. The van der Waals surface area contributed by atoms with E-state index in [9.17, 15) is 9.59 Å². The first kappa shape index (κ1) is 16.5. The molecule has 0 aromatic heterocycles. The van der Waals surface area contributed by atoms with E-state index in [1.807, 2.05) is 20.8 Å². The van der Waals surface area contributed by atoms with Crippen LogP contribution in [0.15, 0.2) is 22.7 Å². The van der Waals surface area contributed by atoms with Crippen molar-refractivity contribution in [3.63, 3.8) is 0 Å². The molecule has 1 atom stereocenters. The van der Waals surface area contributed by atoms with E-state index >= 15 is 0 Å². The molecule has 0 saturated heterocycles. The number of halogens is 1. The first-order chi connectivity index (χ1) is 9.10. The van der Waals surface area contributed by atoms with Crippen LogP contribution in [0.4, 0.5) is 0 Å². The molecule has 0 radical (unpaired) electrons. The molecule has 20 heavy (non-hydrogen) atoms. The molecule has 5 nitrogen and oxygen atoms in total. The molecule has 1 aromatic rings. The number of hydrogen-bond acceptors (Lipinski definition) is 3. The normalized spacial score (nSPS) is 12.7. The van der Waals surface area contributed by atoms with E-state index in [0.29, 0.717) is 4.47 Å². The molecule has 1 rings (SSSR count). The van der Waals surface area contributed by atoms with Gasteiger partial charge in [-0.15, -0.1) is 0 Å². The molecule has 0 fully saturated rings. The van der Waals surface area contributed by atoms with Gasteiger partial charge in [-0.2, -0.15) is 0 Å². The van der Waals surface area contributed by atoms with Gasteiger partial charge in [-0.3, -0.25) is 4.79 Å². The van der Waals surface area contributed by atoms with Gasteiger partial charge in [0.2, 0.25) is 0 Å². The van der Waals surface area contributed by atoms with Crippen molar-refractivity contribution in [2.45, 2.75) is 39.3 Å². The molecule has 1 unspecified atom stereocenters. The Kier molecular flexibility index (Phi) is 5.16. The Morgan fingerprint density at radius 2 is 1.95 bits per heavy atom. The van der Waals surface area contributed by atoms with Gasteiger partial charge in [-0.25, -0.2) is 4.79 Å². The number of aromatic carboxylic acids is 1. The van der Waals surface area contributed by atoms with Crippen LogP contribution >= 0.6 is 15.9 Å². The van der Waals surface area contributed by atoms with Crippen molar-refractivity contribution in [3.8, 4) is 5.75 Å². The summed E-state index contributed by atoms with van der Waals surface area (Å²) in [4.78, 5) is 23.1. The first-order valence-corrected chi connectivity index (χ1v) is 6.91. The fourth-order valence-electron chi connectivity index (χ4n) is 1.49. The summed E-state index contributed by atoms with van der Waals surface area (Å²) in [6.07, 6.45) is -0.790. The van der Waals surface area contributed by atoms with Gasteiger partial charge in [0.15, 0.2) is 6.10 Å². The number of amides is 1. The summed E-state index contributed by atoms with van der Waals surface area (Å²) in [5.74, 6) is -1.24. The molecule has 0 spiro atoms. The minimum Gasteiger partial charge on any atom is -0.480 e. The van der Waals surface area contributed by atoms with Crippen LogP contribution in [0.2, 0.25) is 0 Å². The second-order valence-corrected chi connectivity index (χ2v) is 6.36. The number of ether oxygens (including phenoxy) is 1. The summed E-state index contributed by atoms with van der Waals surface area (Å²) >= 11 is 3.25. The van der Waals surface area contributed by atoms with Crippen LogP contribution in [-0.2, 0) is 4.79 Å². The molecule has 0 aliphatic rings. The zero-order valence-corrected chi connectivity index (χ0v) is 13.4. The Balaban J connectivity index is 2.90. The Morgan fingerprint density at radius 3 is 2.45 bits per heavy atom. The average Bonchev–Trinajstić information content (AvgIpc) is 2.26. The second-order valence-electron chi connectivity index (χ2n) is 5.44. The molecule has 0 heterocycles. The number of carbonyl (C=O) groups is 2. The van der Waals surface area contributed by atoms with Crippen molar-refractivity contribution in [3.05, 3.63) is 28.2 Å². The van der Waals surface area contributed by atoms with E-state index in [1.54, 1.807) is 13.0 Å². The van der Waals surface area contributed by atoms with Crippen molar-refractivity contribution in [2.24, 2.45) is 0 Å². The lowest BCUT2D eigenvalue weighted by molar-refractivity contribution is -0.128. The van der Waals surface area contributed by atoms with Crippen LogP contribution < -0.4 is 10.1 Å². The quantitative estimate of drug-likeness (QED) is 0.881. The highest BCUT2D eigenvalue weighted by molar-refractivity contribution is 9.10. The Bertz CT molecular complexity index is 522. The van der Waals surface area contributed by atoms with Gasteiger partial charge in [-0.05, 0) is 45.9 Å². The summed E-state index contributed by atoms with van der Waals surface area (Å²) in [5, 5.41) is 11.9. The first-order valence-electron chi connectivity index (χ1n) is 6.11. The van der Waals surface area contributed by atoms with Gasteiger partial charge in [0.1, 0.15) is 11.3 Å². The molecule has 0 bridgehead atoms. The average molecular weight is 344 g/mol. The third-order valence-corrected chi connectivity index (χ3v) is 2.84. The van der Waals surface area contributed by atoms with E-state index in [1.165, 1.54) is 12.1 Å². The van der Waals surface area contributed by atoms with Crippen LogP contribution in [0.3, 0.4) is 0 Å². The SMILES string of the molecule is CC(Oc1cc(Br)ccc1C(=O)O)C(=O)NC(C)(C)C. The van der Waals surface area contributed by atoms with E-state index in [2.05, 4.69) is 21.2 Å². The zero-order valence-electron chi connectivity index (χ0n) is 11.9. The number of carbonyl (C=O) groups excluding carboxylic acids is 1. The van der Waals surface area contributed by atoms with Gasteiger partial charge >= 0.3 is 5.97 Å². The van der Waals surface area contributed by atoms with Crippen LogP contribution in [0, 0.1) is 0 Å². The van der Waals surface area contributed by atoms with Crippen molar-refractivity contribution < 1.29 is 19.4 Å². The fraction of sp³-hybridized carbons (Fsp3) is 0.429. The predicted octanol–water partition coefficient (Wildman–Crippen LogP) is 2.83. The van der Waals surface area contributed by atoms with Crippen molar-refractivity contribution in [1.82, 2.24) is 5.32 Å².